The van der Waals surface area contributed by atoms with Crippen LogP contribution in [0.3, 0.4) is 0 Å². The fraction of sp³-hybridized carbons (Fsp3) is 0.500. The van der Waals surface area contributed by atoms with Crippen LogP contribution >= 0.6 is 7.60 Å². The summed E-state index contributed by atoms with van der Waals surface area (Å²) in [6.07, 6.45) is 2.83. The standard InChI is InChI=1S/C18H27O7P/c1-7-24-14-11-13(12-15(17(14)20)25-8-2)9-10-16(19)18(3,4)26(21,22-5)23-6/h9-12,20H,7-8H2,1-6H3. The molecule has 0 heterocycles. The molecule has 0 aromatic heterocycles. The van der Waals surface area contributed by atoms with E-state index in [0.717, 1.165) is 0 Å². The highest BCUT2D eigenvalue weighted by atomic mass is 31.2. The summed E-state index contributed by atoms with van der Waals surface area (Å²) in [4.78, 5) is 12.6. The molecule has 8 heteroatoms. The van der Waals surface area contributed by atoms with Crippen LogP contribution < -0.4 is 9.47 Å². The summed E-state index contributed by atoms with van der Waals surface area (Å²) in [6, 6.07) is 3.18. The molecule has 0 atom stereocenters. The fourth-order valence-corrected chi connectivity index (χ4v) is 3.68. The number of phenolic OH excluding ortho intramolecular Hbond substituents is 1. The molecular weight excluding hydrogens is 359 g/mol. The summed E-state index contributed by atoms with van der Waals surface area (Å²) in [7, 11) is -1.12. The van der Waals surface area contributed by atoms with Crippen molar-refractivity contribution in [3.05, 3.63) is 23.8 Å². The first-order valence-corrected chi connectivity index (χ1v) is 9.77. The number of ketones is 1. The average Bonchev–Trinajstić information content (AvgIpc) is 2.62. The molecule has 1 rings (SSSR count). The van der Waals surface area contributed by atoms with Gasteiger partial charge in [0.2, 0.25) is 5.75 Å². The van der Waals surface area contributed by atoms with Crippen molar-refractivity contribution >= 4 is 19.5 Å². The molecule has 26 heavy (non-hydrogen) atoms. The van der Waals surface area contributed by atoms with Crippen molar-refractivity contribution in [2.45, 2.75) is 32.9 Å². The van der Waals surface area contributed by atoms with E-state index < -0.39 is 18.5 Å². The second-order valence-corrected chi connectivity index (χ2v) is 8.69. The van der Waals surface area contributed by atoms with Crippen LogP contribution in [0.15, 0.2) is 18.2 Å². The number of aromatic hydroxyl groups is 1. The largest absolute Gasteiger partial charge is 0.502 e. The predicted octanol–water partition coefficient (Wildman–Crippen LogP) is 4.04. The zero-order chi connectivity index (χ0) is 20.0. The van der Waals surface area contributed by atoms with E-state index in [2.05, 4.69) is 0 Å². The summed E-state index contributed by atoms with van der Waals surface area (Å²) < 4.78 is 33.3. The first-order valence-electron chi connectivity index (χ1n) is 8.23. The van der Waals surface area contributed by atoms with Crippen LogP contribution in [0.4, 0.5) is 0 Å². The minimum Gasteiger partial charge on any atom is -0.502 e. The van der Waals surface area contributed by atoms with Gasteiger partial charge in [-0.2, -0.15) is 0 Å². The lowest BCUT2D eigenvalue weighted by atomic mass is 10.1. The number of phenols is 1. The summed E-state index contributed by atoms with van der Waals surface area (Å²) >= 11 is 0. The molecule has 0 aliphatic heterocycles. The Morgan fingerprint density at radius 3 is 1.96 bits per heavy atom. The highest BCUT2D eigenvalue weighted by Crippen LogP contribution is 2.59. The van der Waals surface area contributed by atoms with Crippen LogP contribution in [0.5, 0.6) is 17.2 Å². The van der Waals surface area contributed by atoms with Gasteiger partial charge in [0, 0.05) is 14.2 Å². The Bertz CT molecular complexity index is 674. The fourth-order valence-electron chi connectivity index (χ4n) is 2.27. The van der Waals surface area contributed by atoms with E-state index in [1.807, 2.05) is 0 Å². The predicted molar refractivity (Wildman–Crippen MR) is 100 cm³/mol. The number of hydrogen-bond donors (Lipinski definition) is 1. The molecule has 0 fully saturated rings. The van der Waals surface area contributed by atoms with Gasteiger partial charge in [0.05, 0.1) is 13.2 Å². The molecular formula is C18H27O7P. The van der Waals surface area contributed by atoms with Gasteiger partial charge in [0.15, 0.2) is 17.3 Å². The molecule has 7 nitrogen and oxygen atoms in total. The smallest absolute Gasteiger partial charge is 0.343 e. The van der Waals surface area contributed by atoms with Crippen LogP contribution in [0, 0.1) is 0 Å². The second kappa shape index (κ2) is 9.21. The molecule has 0 unspecified atom stereocenters. The average molecular weight is 386 g/mol. The van der Waals surface area contributed by atoms with Crippen molar-refractivity contribution in [2.75, 3.05) is 27.4 Å². The van der Waals surface area contributed by atoms with Gasteiger partial charge in [-0.05, 0) is 51.5 Å². The molecule has 1 aromatic carbocycles. The van der Waals surface area contributed by atoms with E-state index in [1.54, 1.807) is 26.0 Å². The Morgan fingerprint density at radius 1 is 1.12 bits per heavy atom. The van der Waals surface area contributed by atoms with Crippen molar-refractivity contribution in [1.82, 2.24) is 0 Å². The molecule has 0 bridgehead atoms. The molecule has 0 spiro atoms. The SMILES string of the molecule is CCOc1cc(C=CC(=O)C(C)(C)P(=O)(OC)OC)cc(OCC)c1O. The molecule has 0 radical (unpaired) electrons. The Balaban J connectivity index is 3.21. The van der Waals surface area contributed by atoms with Crippen molar-refractivity contribution in [1.29, 1.82) is 0 Å². The highest BCUT2D eigenvalue weighted by molar-refractivity contribution is 7.56. The third-order valence-corrected chi connectivity index (χ3v) is 6.41. The van der Waals surface area contributed by atoms with E-state index in [1.165, 1.54) is 40.2 Å². The van der Waals surface area contributed by atoms with Crippen molar-refractivity contribution in [3.8, 4) is 17.2 Å². The monoisotopic (exact) mass is 386 g/mol. The van der Waals surface area contributed by atoms with Crippen LogP contribution in [0.1, 0.15) is 33.3 Å². The maximum Gasteiger partial charge on any atom is 0.343 e. The van der Waals surface area contributed by atoms with Crippen LogP contribution in [-0.4, -0.2) is 43.5 Å². The quantitative estimate of drug-likeness (QED) is 0.479. The molecule has 0 aliphatic carbocycles. The third-order valence-electron chi connectivity index (χ3n) is 3.86. The minimum atomic E-state index is -3.60. The Hall–Kier alpha value is -1.82. The number of rotatable bonds is 10. The van der Waals surface area contributed by atoms with E-state index in [4.69, 9.17) is 18.5 Å². The Morgan fingerprint density at radius 2 is 1.58 bits per heavy atom. The number of allylic oxidation sites excluding steroid dienone is 1. The number of hydrogen-bond acceptors (Lipinski definition) is 7. The van der Waals surface area contributed by atoms with Gasteiger partial charge in [0.25, 0.3) is 0 Å². The number of ether oxygens (including phenoxy) is 2. The number of carbonyl (C=O) groups is 1. The van der Waals surface area contributed by atoms with Crippen LogP contribution in [0.25, 0.3) is 6.08 Å². The molecule has 0 aliphatic rings. The van der Waals surface area contributed by atoms with Gasteiger partial charge in [-0.25, -0.2) is 0 Å². The van der Waals surface area contributed by atoms with Gasteiger partial charge in [0.1, 0.15) is 5.16 Å². The lowest BCUT2D eigenvalue weighted by molar-refractivity contribution is -0.116. The summed E-state index contributed by atoms with van der Waals surface area (Å²) in [5.74, 6) is -0.0113. The molecule has 0 saturated heterocycles. The zero-order valence-corrected chi connectivity index (χ0v) is 17.0. The summed E-state index contributed by atoms with van der Waals surface area (Å²) in [6.45, 7) is 7.32. The Labute approximate surface area is 154 Å². The summed E-state index contributed by atoms with van der Waals surface area (Å²) in [5.41, 5.74) is 0.587. The van der Waals surface area contributed by atoms with Crippen molar-refractivity contribution < 1.29 is 33.0 Å². The number of benzene rings is 1. The van der Waals surface area contributed by atoms with Crippen molar-refractivity contribution in [3.63, 3.8) is 0 Å². The lowest BCUT2D eigenvalue weighted by Gasteiger charge is -2.28. The van der Waals surface area contributed by atoms with Crippen LogP contribution in [0.2, 0.25) is 0 Å². The van der Waals surface area contributed by atoms with Gasteiger partial charge in [-0.3, -0.25) is 9.36 Å². The molecule has 0 amide bonds. The van der Waals surface area contributed by atoms with Crippen LogP contribution in [-0.2, 0) is 18.4 Å². The molecule has 1 N–H and O–H groups in total. The maximum absolute atomic E-state index is 12.6. The molecule has 0 saturated carbocycles. The molecule has 1 aromatic rings. The first-order chi connectivity index (χ1) is 12.2. The van der Waals surface area contributed by atoms with E-state index in [-0.39, 0.29) is 17.2 Å². The number of carbonyl (C=O) groups excluding carboxylic acids is 1. The van der Waals surface area contributed by atoms with Crippen molar-refractivity contribution in [2.24, 2.45) is 0 Å². The third kappa shape index (κ3) is 4.67. The topological polar surface area (TPSA) is 91.3 Å². The minimum absolute atomic E-state index is 0.0965. The second-order valence-electron chi connectivity index (χ2n) is 5.85. The van der Waals surface area contributed by atoms with Gasteiger partial charge < -0.3 is 23.6 Å². The first kappa shape index (κ1) is 22.2. The van der Waals surface area contributed by atoms with E-state index in [0.29, 0.717) is 18.8 Å². The summed E-state index contributed by atoms with van der Waals surface area (Å²) in [5, 5.41) is 8.79. The van der Waals surface area contributed by atoms with Gasteiger partial charge in [-0.15, -0.1) is 0 Å². The lowest BCUT2D eigenvalue weighted by Crippen LogP contribution is -2.31. The van der Waals surface area contributed by atoms with E-state index in [9.17, 15) is 14.5 Å². The highest BCUT2D eigenvalue weighted by Gasteiger charge is 2.46. The Kier molecular flexibility index (Phi) is 7.87. The zero-order valence-electron chi connectivity index (χ0n) is 16.1. The van der Waals surface area contributed by atoms with E-state index >= 15 is 0 Å². The molecule has 146 valence electrons. The van der Waals surface area contributed by atoms with Gasteiger partial charge >= 0.3 is 7.60 Å². The van der Waals surface area contributed by atoms with Gasteiger partial charge in [-0.1, -0.05) is 6.08 Å². The normalized spacial score (nSPS) is 12.4. The maximum atomic E-state index is 12.6.